The molecule has 0 bridgehead atoms. The van der Waals surface area contributed by atoms with E-state index in [4.69, 9.17) is 0 Å². The minimum Gasteiger partial charge on any atom is -0.393 e. The van der Waals surface area contributed by atoms with Crippen LogP contribution in [0.2, 0.25) is 0 Å². The van der Waals surface area contributed by atoms with E-state index >= 15 is 0 Å². The van der Waals surface area contributed by atoms with E-state index in [1.54, 1.807) is 19.1 Å². The molecule has 0 aliphatic carbocycles. The van der Waals surface area contributed by atoms with Crippen molar-refractivity contribution in [2.45, 2.75) is 40.0 Å². The number of rotatable bonds is 11. The van der Waals surface area contributed by atoms with Gasteiger partial charge in [0, 0.05) is 43.3 Å². The summed E-state index contributed by atoms with van der Waals surface area (Å²) in [5.41, 5.74) is 1.38. The zero-order chi connectivity index (χ0) is 17.5. The molecular formula is C18H29N3O2. The van der Waals surface area contributed by atoms with E-state index in [0.717, 1.165) is 25.1 Å². The number of nitroso groups, excluding NO2 is 1. The molecule has 0 fully saturated rings. The topological polar surface area (TPSA) is 61.8 Å². The Morgan fingerprint density at radius 1 is 1.17 bits per heavy atom. The summed E-state index contributed by atoms with van der Waals surface area (Å²) in [5.74, 6) is -0.742. The van der Waals surface area contributed by atoms with Crippen molar-refractivity contribution < 1.29 is 4.79 Å². The molecular weight excluding hydrogens is 290 g/mol. The van der Waals surface area contributed by atoms with Crippen LogP contribution in [-0.4, -0.2) is 30.9 Å². The number of carbonyl (C=O) groups excluding carboxylic acids is 1. The summed E-state index contributed by atoms with van der Waals surface area (Å²) in [6, 6.07) is 0. The number of hydrogen-bond acceptors (Lipinski definition) is 4. The van der Waals surface area contributed by atoms with Gasteiger partial charge in [-0.25, -0.2) is 0 Å². The molecule has 0 aromatic rings. The van der Waals surface area contributed by atoms with Gasteiger partial charge < -0.3 is 10.2 Å². The number of carbonyl (C=O) groups is 1. The Morgan fingerprint density at radius 2 is 1.91 bits per heavy atom. The van der Waals surface area contributed by atoms with E-state index in [2.05, 4.69) is 22.3 Å². The summed E-state index contributed by atoms with van der Waals surface area (Å²) in [6.07, 6.45) is 14.6. The summed E-state index contributed by atoms with van der Waals surface area (Å²) in [7, 11) is 1.87. The number of allylic oxidation sites excluding steroid dienone is 2. The molecule has 1 N–H and O–H groups in total. The third-order valence-electron chi connectivity index (χ3n) is 3.38. The molecule has 0 spiro atoms. The molecule has 0 atom stereocenters. The molecule has 5 nitrogen and oxygen atoms in total. The number of amides is 1. The molecule has 0 aromatic carbocycles. The van der Waals surface area contributed by atoms with Crippen molar-refractivity contribution in [2.24, 2.45) is 5.18 Å². The minimum atomic E-state index is -0.742. The van der Waals surface area contributed by atoms with Gasteiger partial charge in [-0.1, -0.05) is 38.0 Å². The molecule has 23 heavy (non-hydrogen) atoms. The van der Waals surface area contributed by atoms with Gasteiger partial charge in [0.1, 0.15) is 0 Å². The van der Waals surface area contributed by atoms with Crippen molar-refractivity contribution in [3.63, 3.8) is 0 Å². The van der Waals surface area contributed by atoms with Gasteiger partial charge >= 0.3 is 5.91 Å². The fourth-order valence-electron chi connectivity index (χ4n) is 1.97. The molecule has 0 radical (unpaired) electrons. The zero-order valence-electron chi connectivity index (χ0n) is 14.7. The van der Waals surface area contributed by atoms with Gasteiger partial charge in [0.25, 0.3) is 0 Å². The van der Waals surface area contributed by atoms with E-state index < -0.39 is 5.91 Å². The third kappa shape index (κ3) is 9.45. The Hall–Kier alpha value is -2.17. The largest absolute Gasteiger partial charge is 0.393 e. The Bertz CT molecular complexity index is 477. The molecule has 0 saturated heterocycles. The second-order valence-corrected chi connectivity index (χ2v) is 5.12. The highest BCUT2D eigenvalue weighted by Crippen LogP contribution is 2.08. The standard InChI is InChI=1S/C18H29N3O2/c1-5-8-9-13-21(14-12-19-4)15-16(6-2)10-11-17(7-3)18(22)20-23/h6-7,10-12,14,19H,5,8-9,13,15H2,1-4H3/b11-10-,14-12-,16-6+,17-7+. The van der Waals surface area contributed by atoms with Crippen LogP contribution in [0.3, 0.4) is 0 Å². The molecule has 0 unspecified atom stereocenters. The summed E-state index contributed by atoms with van der Waals surface area (Å²) < 4.78 is 0. The van der Waals surface area contributed by atoms with Crippen LogP contribution in [0.4, 0.5) is 0 Å². The first-order valence-corrected chi connectivity index (χ1v) is 8.08. The average molecular weight is 319 g/mol. The maximum Gasteiger partial charge on any atom is 0.316 e. The maximum atomic E-state index is 11.3. The quantitative estimate of drug-likeness (QED) is 0.271. The molecule has 1 amide bonds. The van der Waals surface area contributed by atoms with E-state index in [1.807, 2.05) is 38.5 Å². The van der Waals surface area contributed by atoms with Crippen LogP contribution >= 0.6 is 0 Å². The maximum absolute atomic E-state index is 11.3. The van der Waals surface area contributed by atoms with Crippen LogP contribution in [0.15, 0.2) is 53.0 Å². The Balaban J connectivity index is 4.88. The predicted octanol–water partition coefficient (Wildman–Crippen LogP) is 3.91. The number of nitrogens with one attached hydrogen (secondary N) is 1. The third-order valence-corrected chi connectivity index (χ3v) is 3.38. The lowest BCUT2D eigenvalue weighted by Crippen LogP contribution is -2.21. The van der Waals surface area contributed by atoms with E-state index in [-0.39, 0.29) is 0 Å². The molecule has 128 valence electrons. The fourth-order valence-corrected chi connectivity index (χ4v) is 1.97. The van der Waals surface area contributed by atoms with Gasteiger partial charge in [0.05, 0.1) is 0 Å². The normalized spacial score (nSPS) is 12.9. The first-order valence-electron chi connectivity index (χ1n) is 8.08. The van der Waals surface area contributed by atoms with Crippen molar-refractivity contribution in [3.05, 3.63) is 52.8 Å². The van der Waals surface area contributed by atoms with Crippen molar-refractivity contribution in [1.82, 2.24) is 10.2 Å². The molecule has 0 aliphatic rings. The van der Waals surface area contributed by atoms with Crippen LogP contribution in [0, 0.1) is 4.91 Å². The second kappa shape index (κ2) is 13.5. The lowest BCUT2D eigenvalue weighted by molar-refractivity contribution is -0.114. The van der Waals surface area contributed by atoms with Gasteiger partial charge in [-0.15, -0.1) is 4.91 Å². The highest BCUT2D eigenvalue weighted by Gasteiger charge is 2.06. The highest BCUT2D eigenvalue weighted by molar-refractivity contribution is 5.96. The van der Waals surface area contributed by atoms with Gasteiger partial charge in [-0.2, -0.15) is 0 Å². The fraction of sp³-hybridized carbons (Fsp3) is 0.500. The summed E-state index contributed by atoms with van der Waals surface area (Å²) in [6.45, 7) is 7.58. The first kappa shape index (κ1) is 20.8. The van der Waals surface area contributed by atoms with Crippen LogP contribution in [0.25, 0.3) is 0 Å². The Morgan fingerprint density at radius 3 is 2.43 bits per heavy atom. The molecule has 0 rings (SSSR count). The van der Waals surface area contributed by atoms with Crippen molar-refractivity contribution >= 4 is 5.91 Å². The van der Waals surface area contributed by atoms with Crippen molar-refractivity contribution in [2.75, 3.05) is 20.1 Å². The number of hydrogen-bond donors (Lipinski definition) is 1. The zero-order valence-corrected chi connectivity index (χ0v) is 14.7. The second-order valence-electron chi connectivity index (χ2n) is 5.12. The van der Waals surface area contributed by atoms with E-state index in [0.29, 0.717) is 5.57 Å². The monoisotopic (exact) mass is 319 g/mol. The van der Waals surface area contributed by atoms with E-state index in [9.17, 15) is 9.70 Å². The average Bonchev–Trinajstić information content (AvgIpc) is 2.58. The highest BCUT2D eigenvalue weighted by atomic mass is 16.3. The van der Waals surface area contributed by atoms with Gasteiger partial charge in [-0.3, -0.25) is 4.79 Å². The minimum absolute atomic E-state index is 0.308. The van der Waals surface area contributed by atoms with Crippen LogP contribution in [0.5, 0.6) is 0 Å². The Labute approximate surface area is 139 Å². The van der Waals surface area contributed by atoms with Crippen LogP contribution < -0.4 is 5.32 Å². The molecule has 5 heteroatoms. The first-order chi connectivity index (χ1) is 11.1. The van der Waals surface area contributed by atoms with Gasteiger partial charge in [-0.05, 0) is 31.9 Å². The molecule has 0 heterocycles. The van der Waals surface area contributed by atoms with Crippen molar-refractivity contribution in [1.29, 1.82) is 0 Å². The van der Waals surface area contributed by atoms with Gasteiger partial charge in [0.15, 0.2) is 0 Å². The lowest BCUT2D eigenvalue weighted by atomic mass is 10.1. The number of unbranched alkanes of at least 4 members (excludes halogenated alkanes) is 2. The van der Waals surface area contributed by atoms with Crippen LogP contribution in [-0.2, 0) is 4.79 Å². The summed E-state index contributed by atoms with van der Waals surface area (Å²) >= 11 is 0. The Kier molecular flexibility index (Phi) is 12.2. The predicted molar refractivity (Wildman–Crippen MR) is 96.8 cm³/mol. The molecule has 0 saturated carbocycles. The summed E-state index contributed by atoms with van der Waals surface area (Å²) in [4.78, 5) is 23.9. The molecule has 0 aromatic heterocycles. The molecule has 0 aliphatic heterocycles. The summed E-state index contributed by atoms with van der Waals surface area (Å²) in [5, 5.41) is 5.46. The SMILES string of the molecule is C\C=C(/C=C\C(=C/C)C(=O)N=O)CN(/C=C\NC)CCCCC. The van der Waals surface area contributed by atoms with Gasteiger partial charge in [0.2, 0.25) is 0 Å². The van der Waals surface area contributed by atoms with E-state index in [1.165, 1.54) is 12.8 Å². The van der Waals surface area contributed by atoms with Crippen molar-refractivity contribution in [3.8, 4) is 0 Å². The smallest absolute Gasteiger partial charge is 0.316 e. The lowest BCUT2D eigenvalue weighted by Gasteiger charge is -2.21. The van der Waals surface area contributed by atoms with Crippen LogP contribution in [0.1, 0.15) is 40.0 Å². The number of nitrogens with zero attached hydrogens (tertiary/aromatic N) is 2.